The summed E-state index contributed by atoms with van der Waals surface area (Å²) in [6.07, 6.45) is 0. The van der Waals surface area contributed by atoms with Crippen LogP contribution in [0, 0.1) is 0 Å². The van der Waals surface area contributed by atoms with Gasteiger partial charge in [0, 0.05) is 27.2 Å². The third-order valence-corrected chi connectivity index (χ3v) is 3.21. The Morgan fingerprint density at radius 2 is 1.74 bits per heavy atom. The highest BCUT2D eigenvalue weighted by molar-refractivity contribution is 7.15. The zero-order chi connectivity index (χ0) is 14.4. The van der Waals surface area contributed by atoms with Crippen molar-refractivity contribution in [3.8, 4) is 0 Å². The molecule has 0 aliphatic rings. The molecule has 0 radical (unpaired) electrons. The first-order valence-electron chi connectivity index (χ1n) is 5.48. The van der Waals surface area contributed by atoms with Crippen LogP contribution < -0.4 is 10.6 Å². The van der Waals surface area contributed by atoms with Crippen LogP contribution in [0.1, 0.15) is 19.3 Å². The molecule has 7 nitrogen and oxygen atoms in total. The molecular weight excluding hydrogens is 270 g/mol. The van der Waals surface area contributed by atoms with Gasteiger partial charge in [-0.3, -0.25) is 4.79 Å². The molecule has 0 saturated carbocycles. The van der Waals surface area contributed by atoms with Crippen LogP contribution in [0.3, 0.4) is 0 Å². The molecule has 1 heterocycles. The zero-order valence-electron chi connectivity index (χ0n) is 10.6. The van der Waals surface area contributed by atoms with Crippen LogP contribution in [0.2, 0.25) is 0 Å². The van der Waals surface area contributed by atoms with Gasteiger partial charge in [0.2, 0.25) is 0 Å². The number of hydrogen-bond donors (Lipinski definition) is 3. The lowest BCUT2D eigenvalue weighted by Crippen LogP contribution is -2.39. The van der Waals surface area contributed by atoms with E-state index in [4.69, 9.17) is 5.11 Å². The van der Waals surface area contributed by atoms with E-state index < -0.39 is 5.97 Å². The molecule has 0 unspecified atom stereocenters. The summed E-state index contributed by atoms with van der Waals surface area (Å²) < 4.78 is 0. The highest BCUT2D eigenvalue weighted by Crippen LogP contribution is 2.15. The Bertz CT molecular complexity index is 484. The Kier molecular flexibility index (Phi) is 5.31. The molecule has 19 heavy (non-hydrogen) atoms. The van der Waals surface area contributed by atoms with E-state index in [1.807, 2.05) is 0 Å². The lowest BCUT2D eigenvalue weighted by molar-refractivity contribution is 0.0702. The molecule has 0 aliphatic heterocycles. The third kappa shape index (κ3) is 4.59. The molecule has 0 bridgehead atoms. The van der Waals surface area contributed by atoms with Crippen molar-refractivity contribution >= 4 is 29.2 Å². The predicted octanol–water partition coefficient (Wildman–Crippen LogP) is 0.447. The van der Waals surface area contributed by atoms with E-state index in [0.29, 0.717) is 11.4 Å². The van der Waals surface area contributed by atoms with Crippen molar-refractivity contribution in [3.63, 3.8) is 0 Å². The Morgan fingerprint density at radius 3 is 2.26 bits per heavy atom. The molecule has 8 heteroatoms. The first kappa shape index (κ1) is 15.0. The second-order valence-electron chi connectivity index (χ2n) is 3.85. The number of amides is 3. The SMILES string of the molecule is CN(C)C(=O)NCCNC(=O)c1ccc(C(=O)O)s1. The molecule has 1 aromatic rings. The summed E-state index contributed by atoms with van der Waals surface area (Å²) in [4.78, 5) is 35.3. The second-order valence-corrected chi connectivity index (χ2v) is 4.94. The van der Waals surface area contributed by atoms with Gasteiger partial charge in [0.25, 0.3) is 5.91 Å². The Balaban J connectivity index is 2.35. The molecule has 0 atom stereocenters. The largest absolute Gasteiger partial charge is 0.477 e. The fourth-order valence-electron chi connectivity index (χ4n) is 1.17. The first-order chi connectivity index (χ1) is 8.91. The fourth-order valence-corrected chi connectivity index (χ4v) is 1.93. The number of carboxylic acid groups (broad SMARTS) is 1. The van der Waals surface area contributed by atoms with Crippen LogP contribution >= 0.6 is 11.3 Å². The number of aromatic carboxylic acids is 1. The van der Waals surface area contributed by atoms with Gasteiger partial charge in [-0.05, 0) is 12.1 Å². The van der Waals surface area contributed by atoms with Crippen LogP contribution in [0.5, 0.6) is 0 Å². The van der Waals surface area contributed by atoms with E-state index in [-0.39, 0.29) is 23.4 Å². The zero-order valence-corrected chi connectivity index (χ0v) is 11.4. The summed E-state index contributed by atoms with van der Waals surface area (Å²) in [7, 11) is 3.24. The average molecular weight is 285 g/mol. The number of nitrogens with one attached hydrogen (secondary N) is 2. The Hall–Kier alpha value is -2.09. The quantitative estimate of drug-likeness (QED) is 0.684. The summed E-state index contributed by atoms with van der Waals surface area (Å²) >= 11 is 0.911. The van der Waals surface area contributed by atoms with Gasteiger partial charge in [-0.15, -0.1) is 11.3 Å². The van der Waals surface area contributed by atoms with Crippen molar-refractivity contribution in [2.24, 2.45) is 0 Å². The monoisotopic (exact) mass is 285 g/mol. The van der Waals surface area contributed by atoms with Gasteiger partial charge in [0.1, 0.15) is 4.88 Å². The van der Waals surface area contributed by atoms with Crippen molar-refractivity contribution < 1.29 is 19.5 Å². The summed E-state index contributed by atoms with van der Waals surface area (Å²) in [5, 5.41) is 13.9. The van der Waals surface area contributed by atoms with Crippen LogP contribution in [0.4, 0.5) is 4.79 Å². The summed E-state index contributed by atoms with van der Waals surface area (Å²) in [6, 6.07) is 2.61. The third-order valence-electron chi connectivity index (χ3n) is 2.13. The van der Waals surface area contributed by atoms with Crippen molar-refractivity contribution in [3.05, 3.63) is 21.9 Å². The minimum atomic E-state index is -1.05. The van der Waals surface area contributed by atoms with E-state index >= 15 is 0 Å². The lowest BCUT2D eigenvalue weighted by Gasteiger charge is -2.11. The minimum Gasteiger partial charge on any atom is -0.477 e. The van der Waals surface area contributed by atoms with Gasteiger partial charge in [0.05, 0.1) is 4.88 Å². The summed E-state index contributed by atoms with van der Waals surface area (Å²) in [5.41, 5.74) is 0. The first-order valence-corrected chi connectivity index (χ1v) is 6.30. The number of carbonyl (C=O) groups excluding carboxylic acids is 2. The molecule has 0 aliphatic carbocycles. The van der Waals surface area contributed by atoms with Crippen molar-refractivity contribution in [1.82, 2.24) is 15.5 Å². The maximum Gasteiger partial charge on any atom is 0.345 e. The smallest absolute Gasteiger partial charge is 0.345 e. The normalized spacial score (nSPS) is 9.79. The van der Waals surface area contributed by atoms with Gasteiger partial charge in [0.15, 0.2) is 0 Å². The molecule has 0 spiro atoms. The lowest BCUT2D eigenvalue weighted by atomic mass is 10.4. The van der Waals surface area contributed by atoms with E-state index in [1.165, 1.54) is 17.0 Å². The molecular formula is C11H15N3O4S. The van der Waals surface area contributed by atoms with Crippen molar-refractivity contribution in [1.29, 1.82) is 0 Å². The highest BCUT2D eigenvalue weighted by atomic mass is 32.1. The Morgan fingerprint density at radius 1 is 1.16 bits per heavy atom. The van der Waals surface area contributed by atoms with Gasteiger partial charge >= 0.3 is 12.0 Å². The molecule has 0 fully saturated rings. The van der Waals surface area contributed by atoms with E-state index in [2.05, 4.69) is 10.6 Å². The van der Waals surface area contributed by atoms with Crippen molar-refractivity contribution in [2.75, 3.05) is 27.2 Å². The van der Waals surface area contributed by atoms with Crippen LogP contribution in [-0.4, -0.2) is 55.1 Å². The topological polar surface area (TPSA) is 98.7 Å². The van der Waals surface area contributed by atoms with Crippen LogP contribution in [-0.2, 0) is 0 Å². The second kappa shape index (κ2) is 6.74. The summed E-state index contributed by atoms with van der Waals surface area (Å²) in [5.74, 6) is -1.40. The molecule has 3 N–H and O–H groups in total. The number of carbonyl (C=O) groups is 3. The summed E-state index contributed by atoms with van der Waals surface area (Å²) in [6.45, 7) is 0.582. The molecule has 104 valence electrons. The minimum absolute atomic E-state index is 0.117. The number of hydrogen-bond acceptors (Lipinski definition) is 4. The molecule has 1 rings (SSSR count). The standard InChI is InChI=1S/C11H15N3O4S/c1-14(2)11(18)13-6-5-12-9(15)7-3-4-8(19-7)10(16)17/h3-4H,5-6H2,1-2H3,(H,12,15)(H,13,18)(H,16,17). The maximum atomic E-state index is 11.6. The van der Waals surface area contributed by atoms with Gasteiger partial charge in [-0.25, -0.2) is 9.59 Å². The molecule has 0 aromatic carbocycles. The maximum absolute atomic E-state index is 11.6. The van der Waals surface area contributed by atoms with Gasteiger partial charge in [-0.1, -0.05) is 0 Å². The number of nitrogens with zero attached hydrogens (tertiary/aromatic N) is 1. The number of rotatable bonds is 5. The average Bonchev–Trinajstić information content (AvgIpc) is 2.83. The Labute approximate surface area is 114 Å². The number of urea groups is 1. The molecule has 0 saturated heterocycles. The van der Waals surface area contributed by atoms with Crippen molar-refractivity contribution in [2.45, 2.75) is 0 Å². The highest BCUT2D eigenvalue weighted by Gasteiger charge is 2.12. The fraction of sp³-hybridized carbons (Fsp3) is 0.364. The molecule has 3 amide bonds. The predicted molar refractivity (Wildman–Crippen MR) is 70.7 cm³/mol. The van der Waals surface area contributed by atoms with E-state index in [0.717, 1.165) is 11.3 Å². The number of thiophene rings is 1. The van der Waals surface area contributed by atoms with Crippen LogP contribution in [0.15, 0.2) is 12.1 Å². The van der Waals surface area contributed by atoms with E-state index in [1.54, 1.807) is 14.1 Å². The van der Waals surface area contributed by atoms with Gasteiger partial charge in [-0.2, -0.15) is 0 Å². The van der Waals surface area contributed by atoms with E-state index in [9.17, 15) is 14.4 Å². The number of carboxylic acids is 1. The van der Waals surface area contributed by atoms with Gasteiger partial charge < -0.3 is 20.6 Å². The van der Waals surface area contributed by atoms with Crippen LogP contribution in [0.25, 0.3) is 0 Å². The molecule has 1 aromatic heterocycles.